The third-order valence-corrected chi connectivity index (χ3v) is 7.00. The summed E-state index contributed by atoms with van der Waals surface area (Å²) in [6.07, 6.45) is 9.15. The summed E-state index contributed by atoms with van der Waals surface area (Å²) >= 11 is 0. The zero-order valence-electron chi connectivity index (χ0n) is 15.2. The number of carboxylic acid groups (broad SMARTS) is 1. The second-order valence-electron chi connectivity index (χ2n) is 8.12. The predicted octanol–water partition coefficient (Wildman–Crippen LogP) is 3.54. The molecular formula is C20H32O4. The van der Waals surface area contributed by atoms with Crippen LogP contribution < -0.4 is 0 Å². The van der Waals surface area contributed by atoms with Crippen LogP contribution in [0.25, 0.3) is 0 Å². The highest BCUT2D eigenvalue weighted by atomic mass is 16.4. The Bertz CT molecular complexity index is 536. The van der Waals surface area contributed by atoms with Crippen molar-refractivity contribution in [3.63, 3.8) is 0 Å². The number of carboxylic acids is 1. The first-order chi connectivity index (χ1) is 11.3. The number of hydrogen-bond donors (Lipinski definition) is 3. The summed E-state index contributed by atoms with van der Waals surface area (Å²) in [5, 5.41) is 28.2. The maximum absolute atomic E-state index is 11.8. The summed E-state index contributed by atoms with van der Waals surface area (Å²) in [6.45, 7) is 6.66. The van der Waals surface area contributed by atoms with Gasteiger partial charge >= 0.3 is 5.97 Å². The Hall–Kier alpha value is -1.13. The average Bonchev–Trinajstić information content (AvgIpc) is 2.55. The van der Waals surface area contributed by atoms with Gasteiger partial charge in [-0.25, -0.2) is 4.79 Å². The molecule has 136 valence electrons. The normalized spacial score (nSPS) is 36.9. The van der Waals surface area contributed by atoms with Crippen LogP contribution in [-0.4, -0.2) is 34.5 Å². The monoisotopic (exact) mass is 336 g/mol. The van der Waals surface area contributed by atoms with E-state index in [4.69, 9.17) is 5.11 Å². The number of aliphatic carboxylic acids is 1. The fourth-order valence-electron chi connectivity index (χ4n) is 5.25. The van der Waals surface area contributed by atoms with E-state index in [0.29, 0.717) is 17.4 Å². The van der Waals surface area contributed by atoms with Gasteiger partial charge in [-0.3, -0.25) is 0 Å². The Morgan fingerprint density at radius 3 is 2.62 bits per heavy atom. The molecule has 24 heavy (non-hydrogen) atoms. The molecule has 3 N–H and O–H groups in total. The molecule has 4 atom stereocenters. The summed E-state index contributed by atoms with van der Waals surface area (Å²) in [6, 6.07) is 0. The van der Waals surface area contributed by atoms with Crippen LogP contribution in [0.3, 0.4) is 0 Å². The van der Waals surface area contributed by atoms with Crippen molar-refractivity contribution in [3.05, 3.63) is 23.3 Å². The third kappa shape index (κ3) is 3.31. The van der Waals surface area contributed by atoms with Crippen molar-refractivity contribution in [2.45, 2.75) is 59.3 Å². The lowest BCUT2D eigenvalue weighted by atomic mass is 9.46. The number of rotatable bonds is 6. The van der Waals surface area contributed by atoms with Crippen molar-refractivity contribution < 1.29 is 20.1 Å². The van der Waals surface area contributed by atoms with Crippen molar-refractivity contribution in [1.29, 1.82) is 0 Å². The van der Waals surface area contributed by atoms with E-state index in [1.807, 2.05) is 6.08 Å². The number of aliphatic hydroxyl groups excluding tert-OH is 2. The van der Waals surface area contributed by atoms with Crippen molar-refractivity contribution in [2.24, 2.45) is 22.7 Å². The quantitative estimate of drug-likeness (QED) is 0.648. The molecule has 2 aliphatic rings. The van der Waals surface area contributed by atoms with Gasteiger partial charge in [-0.2, -0.15) is 0 Å². The molecule has 0 saturated heterocycles. The fraction of sp³-hybridized carbons (Fsp3) is 0.750. The molecule has 0 spiro atoms. The lowest BCUT2D eigenvalue weighted by Crippen LogP contribution is -2.51. The third-order valence-electron chi connectivity index (χ3n) is 7.00. The molecule has 4 unspecified atom stereocenters. The Balaban J connectivity index is 2.29. The maximum atomic E-state index is 11.8. The molecule has 0 amide bonds. The van der Waals surface area contributed by atoms with E-state index in [0.717, 1.165) is 44.1 Å². The lowest BCUT2D eigenvalue weighted by molar-refractivity contribution is -0.137. The van der Waals surface area contributed by atoms with E-state index < -0.39 is 5.97 Å². The fourth-order valence-corrected chi connectivity index (χ4v) is 5.25. The summed E-state index contributed by atoms with van der Waals surface area (Å²) in [4.78, 5) is 11.8. The van der Waals surface area contributed by atoms with Gasteiger partial charge in [0.2, 0.25) is 0 Å². The molecule has 0 aromatic heterocycles. The number of fused-ring (bicyclic) bond motifs is 1. The maximum Gasteiger partial charge on any atom is 0.331 e. The highest BCUT2D eigenvalue weighted by Gasteiger charge is 2.55. The standard InChI is InChI=1S/C20H32O4/c1-14-7-10-20(3)16(18(23)24)5-4-6-17(20)19(14,2)11-8-15(13-22)9-12-21/h5,9,14,17,21-22H,4,6-8,10-13H2,1-3H3,(H,23,24). The number of hydrogen-bond acceptors (Lipinski definition) is 3. The minimum Gasteiger partial charge on any atom is -0.478 e. The van der Waals surface area contributed by atoms with Gasteiger partial charge < -0.3 is 15.3 Å². The van der Waals surface area contributed by atoms with Gasteiger partial charge in [0.25, 0.3) is 0 Å². The van der Waals surface area contributed by atoms with Crippen molar-refractivity contribution >= 4 is 5.97 Å². The highest BCUT2D eigenvalue weighted by molar-refractivity contribution is 5.88. The van der Waals surface area contributed by atoms with Crippen LogP contribution in [-0.2, 0) is 4.79 Å². The molecule has 0 aromatic rings. The minimum absolute atomic E-state index is 0.0206. The molecule has 0 radical (unpaired) electrons. The molecular weight excluding hydrogens is 304 g/mol. The van der Waals surface area contributed by atoms with Gasteiger partial charge in [-0.15, -0.1) is 0 Å². The van der Waals surface area contributed by atoms with Crippen molar-refractivity contribution in [2.75, 3.05) is 13.2 Å². The SMILES string of the molecule is CC1CCC2(C)C(C(=O)O)=CCCC2C1(C)CCC(=CCO)CO. The molecule has 0 aliphatic heterocycles. The van der Waals surface area contributed by atoms with Crippen LogP contribution in [0.4, 0.5) is 0 Å². The first kappa shape index (κ1) is 19.2. The molecule has 4 nitrogen and oxygen atoms in total. The van der Waals surface area contributed by atoms with Gasteiger partial charge in [-0.1, -0.05) is 32.9 Å². The smallest absolute Gasteiger partial charge is 0.331 e. The summed E-state index contributed by atoms with van der Waals surface area (Å²) < 4.78 is 0. The van der Waals surface area contributed by atoms with Crippen molar-refractivity contribution in [1.82, 2.24) is 0 Å². The van der Waals surface area contributed by atoms with E-state index in [9.17, 15) is 15.0 Å². The first-order valence-electron chi connectivity index (χ1n) is 9.13. The van der Waals surface area contributed by atoms with Crippen LogP contribution in [0.15, 0.2) is 23.3 Å². The Morgan fingerprint density at radius 1 is 1.33 bits per heavy atom. The highest BCUT2D eigenvalue weighted by Crippen LogP contribution is 2.62. The van der Waals surface area contributed by atoms with Crippen molar-refractivity contribution in [3.8, 4) is 0 Å². The number of carbonyl (C=O) groups is 1. The second-order valence-corrected chi connectivity index (χ2v) is 8.12. The second kappa shape index (κ2) is 7.40. The molecule has 1 saturated carbocycles. The summed E-state index contributed by atoms with van der Waals surface area (Å²) in [7, 11) is 0. The molecule has 2 aliphatic carbocycles. The van der Waals surface area contributed by atoms with E-state index >= 15 is 0 Å². The Labute approximate surface area is 145 Å². The van der Waals surface area contributed by atoms with Crippen LogP contribution in [0.5, 0.6) is 0 Å². The minimum atomic E-state index is -0.768. The van der Waals surface area contributed by atoms with Gasteiger partial charge in [0, 0.05) is 11.0 Å². The Morgan fingerprint density at radius 2 is 2.04 bits per heavy atom. The van der Waals surface area contributed by atoms with Crippen LogP contribution in [0.1, 0.15) is 59.3 Å². The molecule has 0 bridgehead atoms. The van der Waals surface area contributed by atoms with E-state index in [1.165, 1.54) is 0 Å². The summed E-state index contributed by atoms with van der Waals surface area (Å²) in [5.41, 5.74) is 1.27. The van der Waals surface area contributed by atoms with Gasteiger partial charge in [-0.05, 0) is 61.3 Å². The number of allylic oxidation sites excluding steroid dienone is 1. The van der Waals surface area contributed by atoms with Gasteiger partial charge in [0.05, 0.1) is 13.2 Å². The Kier molecular flexibility index (Phi) is 5.92. The largest absolute Gasteiger partial charge is 0.478 e. The number of aliphatic hydroxyl groups is 2. The first-order valence-corrected chi connectivity index (χ1v) is 9.13. The zero-order valence-corrected chi connectivity index (χ0v) is 15.2. The average molecular weight is 336 g/mol. The van der Waals surface area contributed by atoms with Crippen LogP contribution >= 0.6 is 0 Å². The van der Waals surface area contributed by atoms with E-state index in [1.54, 1.807) is 6.08 Å². The molecule has 4 heteroatoms. The molecule has 0 aromatic carbocycles. The topological polar surface area (TPSA) is 77.8 Å². The molecule has 0 heterocycles. The van der Waals surface area contributed by atoms with E-state index in [2.05, 4.69) is 20.8 Å². The van der Waals surface area contributed by atoms with Gasteiger partial charge in [0.1, 0.15) is 0 Å². The lowest BCUT2D eigenvalue weighted by Gasteiger charge is -2.57. The van der Waals surface area contributed by atoms with Crippen LogP contribution in [0.2, 0.25) is 0 Å². The van der Waals surface area contributed by atoms with Crippen LogP contribution in [0, 0.1) is 22.7 Å². The molecule has 2 rings (SSSR count). The van der Waals surface area contributed by atoms with E-state index in [-0.39, 0.29) is 24.0 Å². The summed E-state index contributed by atoms with van der Waals surface area (Å²) in [5.74, 6) is 0.104. The zero-order chi connectivity index (χ0) is 18.0. The molecule has 1 fully saturated rings. The van der Waals surface area contributed by atoms with Gasteiger partial charge in [0.15, 0.2) is 0 Å². The predicted molar refractivity (Wildman–Crippen MR) is 94.5 cm³/mol.